The molecule has 1 atom stereocenters. The molecular formula is C12H13BrN2S. The van der Waals surface area contributed by atoms with E-state index in [1.54, 1.807) is 11.3 Å². The Balaban J connectivity index is 1.86. The molecule has 1 saturated carbocycles. The lowest BCUT2D eigenvalue weighted by molar-refractivity contribution is 0.693. The van der Waals surface area contributed by atoms with Crippen LogP contribution in [0.15, 0.2) is 22.7 Å². The summed E-state index contributed by atoms with van der Waals surface area (Å²) in [6.07, 6.45) is 2.73. The molecule has 1 unspecified atom stereocenters. The van der Waals surface area contributed by atoms with Gasteiger partial charge in [0.1, 0.15) is 0 Å². The van der Waals surface area contributed by atoms with Crippen molar-refractivity contribution in [2.75, 3.05) is 5.32 Å². The van der Waals surface area contributed by atoms with E-state index in [2.05, 4.69) is 45.3 Å². The maximum atomic E-state index is 4.59. The third-order valence-corrected chi connectivity index (χ3v) is 4.47. The number of aromatic nitrogens is 1. The highest BCUT2D eigenvalue weighted by atomic mass is 79.9. The van der Waals surface area contributed by atoms with Crippen molar-refractivity contribution in [1.82, 2.24) is 4.98 Å². The van der Waals surface area contributed by atoms with Gasteiger partial charge in [0, 0.05) is 10.5 Å². The molecule has 1 heterocycles. The van der Waals surface area contributed by atoms with E-state index in [4.69, 9.17) is 0 Å². The van der Waals surface area contributed by atoms with Crippen LogP contribution < -0.4 is 5.32 Å². The molecule has 0 aliphatic heterocycles. The Morgan fingerprint density at radius 2 is 2.31 bits per heavy atom. The molecule has 0 radical (unpaired) electrons. The minimum Gasteiger partial charge on any atom is -0.359 e. The highest BCUT2D eigenvalue weighted by Gasteiger charge is 2.28. The second-order valence-electron chi connectivity index (χ2n) is 4.40. The molecule has 4 heteroatoms. The summed E-state index contributed by atoms with van der Waals surface area (Å²) in [6.45, 7) is 2.25. The minimum atomic E-state index is 0.559. The monoisotopic (exact) mass is 296 g/mol. The standard InChI is InChI=1S/C12H13BrN2S/c1-7(8-2-3-8)14-12-15-10-5-4-9(13)6-11(10)16-12/h4-8H,2-3H2,1H3,(H,14,15). The smallest absolute Gasteiger partial charge is 0.184 e. The van der Waals surface area contributed by atoms with Crippen LogP contribution in [-0.4, -0.2) is 11.0 Å². The molecule has 16 heavy (non-hydrogen) atoms. The number of hydrogen-bond donors (Lipinski definition) is 1. The summed E-state index contributed by atoms with van der Waals surface area (Å²) in [5.41, 5.74) is 1.08. The Morgan fingerprint density at radius 1 is 1.50 bits per heavy atom. The fourth-order valence-electron chi connectivity index (χ4n) is 1.87. The zero-order chi connectivity index (χ0) is 11.1. The van der Waals surface area contributed by atoms with Gasteiger partial charge in [-0.1, -0.05) is 27.3 Å². The molecule has 2 nitrogen and oxygen atoms in total. The lowest BCUT2D eigenvalue weighted by Gasteiger charge is -2.10. The van der Waals surface area contributed by atoms with Gasteiger partial charge in [-0.05, 0) is 43.9 Å². The van der Waals surface area contributed by atoms with Gasteiger partial charge in [0.25, 0.3) is 0 Å². The molecule has 84 valence electrons. The molecule has 0 saturated heterocycles. The van der Waals surface area contributed by atoms with Crippen molar-refractivity contribution in [2.45, 2.75) is 25.8 Å². The van der Waals surface area contributed by atoms with Crippen LogP contribution in [0.1, 0.15) is 19.8 Å². The molecular weight excluding hydrogens is 284 g/mol. The van der Waals surface area contributed by atoms with E-state index in [1.165, 1.54) is 17.5 Å². The number of nitrogens with one attached hydrogen (secondary N) is 1. The maximum absolute atomic E-state index is 4.59. The second kappa shape index (κ2) is 4.00. The zero-order valence-corrected chi connectivity index (χ0v) is 11.4. The van der Waals surface area contributed by atoms with Crippen LogP contribution >= 0.6 is 27.3 Å². The van der Waals surface area contributed by atoms with Crippen LogP contribution in [0.25, 0.3) is 10.2 Å². The third kappa shape index (κ3) is 2.09. The zero-order valence-electron chi connectivity index (χ0n) is 9.03. The lowest BCUT2D eigenvalue weighted by Crippen LogP contribution is -2.16. The predicted octanol–water partition coefficient (Wildman–Crippen LogP) is 4.27. The Hall–Kier alpha value is -0.610. The van der Waals surface area contributed by atoms with Gasteiger partial charge < -0.3 is 5.32 Å². The number of halogens is 1. The highest BCUT2D eigenvalue weighted by molar-refractivity contribution is 9.10. The normalized spacial score (nSPS) is 17.6. The first-order valence-corrected chi connectivity index (χ1v) is 7.16. The summed E-state index contributed by atoms with van der Waals surface area (Å²) in [6, 6.07) is 6.78. The van der Waals surface area contributed by atoms with Gasteiger partial charge in [0.05, 0.1) is 10.2 Å². The average molecular weight is 297 g/mol. The minimum absolute atomic E-state index is 0.559. The molecule has 1 fully saturated rings. The Bertz CT molecular complexity index is 519. The highest BCUT2D eigenvalue weighted by Crippen LogP contribution is 2.35. The molecule has 1 aliphatic rings. The Kier molecular flexibility index (Phi) is 2.64. The molecule has 1 aromatic heterocycles. The van der Waals surface area contributed by atoms with E-state index in [9.17, 15) is 0 Å². The van der Waals surface area contributed by atoms with E-state index in [0.717, 1.165) is 21.0 Å². The van der Waals surface area contributed by atoms with Crippen LogP contribution in [0.2, 0.25) is 0 Å². The van der Waals surface area contributed by atoms with Gasteiger partial charge in [-0.3, -0.25) is 0 Å². The first kappa shape index (κ1) is 10.5. The Labute approximate surface area is 107 Å². The molecule has 1 aromatic carbocycles. The Morgan fingerprint density at radius 3 is 3.06 bits per heavy atom. The molecule has 0 amide bonds. The first-order valence-electron chi connectivity index (χ1n) is 5.55. The predicted molar refractivity (Wildman–Crippen MR) is 73.1 cm³/mol. The summed E-state index contributed by atoms with van der Waals surface area (Å²) in [5.74, 6) is 0.860. The topological polar surface area (TPSA) is 24.9 Å². The molecule has 0 spiro atoms. The van der Waals surface area contributed by atoms with E-state index >= 15 is 0 Å². The summed E-state index contributed by atoms with van der Waals surface area (Å²) in [4.78, 5) is 4.59. The summed E-state index contributed by atoms with van der Waals surface area (Å²) >= 11 is 5.22. The van der Waals surface area contributed by atoms with Gasteiger partial charge >= 0.3 is 0 Å². The van der Waals surface area contributed by atoms with Crippen LogP contribution in [0, 0.1) is 5.92 Å². The quantitative estimate of drug-likeness (QED) is 0.915. The van der Waals surface area contributed by atoms with E-state index < -0.39 is 0 Å². The number of hydrogen-bond acceptors (Lipinski definition) is 3. The van der Waals surface area contributed by atoms with Crippen molar-refractivity contribution >= 4 is 42.6 Å². The van der Waals surface area contributed by atoms with Crippen LogP contribution in [0.4, 0.5) is 5.13 Å². The average Bonchev–Trinajstić information content (AvgIpc) is 3.00. The number of benzene rings is 1. The largest absolute Gasteiger partial charge is 0.359 e. The van der Waals surface area contributed by atoms with Crippen LogP contribution in [0.5, 0.6) is 0 Å². The molecule has 2 aromatic rings. The summed E-state index contributed by atoms with van der Waals surface area (Å²) in [5, 5.41) is 4.55. The number of nitrogens with zero attached hydrogens (tertiary/aromatic N) is 1. The first-order chi connectivity index (χ1) is 7.72. The molecule has 1 aliphatic carbocycles. The maximum Gasteiger partial charge on any atom is 0.184 e. The van der Waals surface area contributed by atoms with Crippen molar-refractivity contribution in [2.24, 2.45) is 5.92 Å². The van der Waals surface area contributed by atoms with Crippen LogP contribution in [-0.2, 0) is 0 Å². The van der Waals surface area contributed by atoms with Gasteiger partial charge in [0.15, 0.2) is 5.13 Å². The number of rotatable bonds is 3. The van der Waals surface area contributed by atoms with Crippen LogP contribution in [0.3, 0.4) is 0 Å². The second-order valence-corrected chi connectivity index (χ2v) is 6.35. The number of thiazole rings is 1. The summed E-state index contributed by atoms with van der Waals surface area (Å²) in [7, 11) is 0. The van der Waals surface area contributed by atoms with Crippen molar-refractivity contribution < 1.29 is 0 Å². The fraction of sp³-hybridized carbons (Fsp3) is 0.417. The van der Waals surface area contributed by atoms with Gasteiger partial charge in [-0.25, -0.2) is 4.98 Å². The van der Waals surface area contributed by atoms with Gasteiger partial charge in [0.2, 0.25) is 0 Å². The SMILES string of the molecule is CC(Nc1nc2ccc(Br)cc2s1)C1CC1. The lowest BCUT2D eigenvalue weighted by atomic mass is 10.2. The molecule has 0 bridgehead atoms. The fourth-order valence-corrected chi connectivity index (χ4v) is 3.38. The van der Waals surface area contributed by atoms with E-state index in [1.807, 2.05) is 6.07 Å². The molecule has 3 rings (SSSR count). The van der Waals surface area contributed by atoms with Crippen molar-refractivity contribution in [3.63, 3.8) is 0 Å². The summed E-state index contributed by atoms with van der Waals surface area (Å²) < 4.78 is 2.35. The number of fused-ring (bicyclic) bond motifs is 1. The van der Waals surface area contributed by atoms with Crippen molar-refractivity contribution in [3.8, 4) is 0 Å². The number of anilines is 1. The van der Waals surface area contributed by atoms with Crippen molar-refractivity contribution in [1.29, 1.82) is 0 Å². The van der Waals surface area contributed by atoms with E-state index in [-0.39, 0.29) is 0 Å². The molecule has 1 N–H and O–H groups in total. The third-order valence-electron chi connectivity index (χ3n) is 3.03. The van der Waals surface area contributed by atoms with Crippen molar-refractivity contribution in [3.05, 3.63) is 22.7 Å². The van der Waals surface area contributed by atoms with E-state index in [0.29, 0.717) is 6.04 Å². The van der Waals surface area contributed by atoms with Gasteiger partial charge in [-0.15, -0.1) is 0 Å². The van der Waals surface area contributed by atoms with Gasteiger partial charge in [-0.2, -0.15) is 0 Å².